The number of rotatable bonds is 1. The normalized spacial score (nSPS) is 17.4. The van der Waals surface area contributed by atoms with E-state index in [9.17, 15) is 5.11 Å². The van der Waals surface area contributed by atoms with E-state index in [2.05, 4.69) is 38.1 Å². The number of benzene rings is 2. The maximum absolute atomic E-state index is 10.9. The van der Waals surface area contributed by atoms with Gasteiger partial charge in [-0.25, -0.2) is 14.5 Å². The van der Waals surface area contributed by atoms with Crippen LogP contribution in [-0.4, -0.2) is 30.2 Å². The van der Waals surface area contributed by atoms with Crippen molar-refractivity contribution in [1.82, 2.24) is 24.9 Å². The van der Waals surface area contributed by atoms with Gasteiger partial charge in [0.2, 0.25) is 0 Å². The van der Waals surface area contributed by atoms with Gasteiger partial charge in [0.25, 0.3) is 0 Å². The lowest BCUT2D eigenvalue weighted by Gasteiger charge is -2.42. The van der Waals surface area contributed by atoms with E-state index in [4.69, 9.17) is 9.97 Å². The molecular weight excluding hydrogens is 406 g/mol. The van der Waals surface area contributed by atoms with E-state index >= 15 is 0 Å². The van der Waals surface area contributed by atoms with Crippen LogP contribution >= 0.6 is 11.3 Å². The largest absolute Gasteiger partial charge is 0.507 e. The number of phenols is 1. The number of aromatic nitrogens is 4. The van der Waals surface area contributed by atoms with Gasteiger partial charge in [0.1, 0.15) is 16.9 Å². The minimum Gasteiger partial charge on any atom is -0.507 e. The molecule has 0 saturated carbocycles. The van der Waals surface area contributed by atoms with Gasteiger partial charge in [-0.05, 0) is 51.1 Å². The molecule has 0 aliphatic carbocycles. The first kappa shape index (κ1) is 18.7. The highest BCUT2D eigenvalue weighted by molar-refractivity contribution is 7.19. The predicted molar refractivity (Wildman–Crippen MR) is 125 cm³/mol. The summed E-state index contributed by atoms with van der Waals surface area (Å²) >= 11 is 1.73. The molecule has 31 heavy (non-hydrogen) atoms. The van der Waals surface area contributed by atoms with Crippen LogP contribution in [-0.2, 0) is 12.0 Å². The fourth-order valence-corrected chi connectivity index (χ4v) is 6.28. The van der Waals surface area contributed by atoms with Crippen molar-refractivity contribution in [3.05, 3.63) is 53.2 Å². The van der Waals surface area contributed by atoms with Gasteiger partial charge in [-0.3, -0.25) is 0 Å². The van der Waals surface area contributed by atoms with Gasteiger partial charge < -0.3 is 10.4 Å². The molecule has 1 aliphatic heterocycles. The predicted octanol–water partition coefficient (Wildman–Crippen LogP) is 5.02. The zero-order chi connectivity index (χ0) is 21.5. The molecule has 4 heterocycles. The van der Waals surface area contributed by atoms with Crippen molar-refractivity contribution in [1.29, 1.82) is 0 Å². The molecule has 0 spiro atoms. The third kappa shape index (κ3) is 2.70. The molecule has 7 heteroatoms. The van der Waals surface area contributed by atoms with Crippen molar-refractivity contribution in [3.63, 3.8) is 0 Å². The molecule has 6 rings (SSSR count). The Kier molecular flexibility index (Phi) is 3.63. The SMILES string of the molecule is CC1(C)Cc2c(sc3ncn4nc(-c5ccc6ccccc6c5O)nc4c23)C(C)(C)N1. The van der Waals surface area contributed by atoms with E-state index in [1.165, 1.54) is 10.4 Å². The van der Waals surface area contributed by atoms with Crippen LogP contribution in [0.2, 0.25) is 0 Å². The summed E-state index contributed by atoms with van der Waals surface area (Å²) in [5.41, 5.74) is 2.55. The molecule has 2 aromatic carbocycles. The minimum atomic E-state index is -0.140. The summed E-state index contributed by atoms with van der Waals surface area (Å²) in [6.45, 7) is 8.91. The van der Waals surface area contributed by atoms with Crippen LogP contribution in [0.15, 0.2) is 42.7 Å². The van der Waals surface area contributed by atoms with Crippen LogP contribution < -0.4 is 5.32 Å². The lowest BCUT2D eigenvalue weighted by Crippen LogP contribution is -2.54. The Morgan fingerprint density at radius 3 is 2.74 bits per heavy atom. The van der Waals surface area contributed by atoms with Crippen molar-refractivity contribution >= 4 is 38.0 Å². The number of nitrogens with one attached hydrogen (secondary N) is 1. The zero-order valence-corrected chi connectivity index (χ0v) is 18.7. The number of hydrogen-bond donors (Lipinski definition) is 2. The Bertz CT molecular complexity index is 1510. The average molecular weight is 430 g/mol. The summed E-state index contributed by atoms with van der Waals surface area (Å²) in [6.07, 6.45) is 2.62. The first-order valence-electron chi connectivity index (χ1n) is 10.4. The highest BCUT2D eigenvalue weighted by Crippen LogP contribution is 2.44. The first-order valence-corrected chi connectivity index (χ1v) is 11.2. The van der Waals surface area contributed by atoms with Crippen molar-refractivity contribution in [3.8, 4) is 17.1 Å². The van der Waals surface area contributed by atoms with Crippen LogP contribution in [0.4, 0.5) is 0 Å². The lowest BCUT2D eigenvalue weighted by atomic mass is 9.82. The summed E-state index contributed by atoms with van der Waals surface area (Å²) in [5.74, 6) is 0.710. The topological polar surface area (TPSA) is 75.3 Å². The fourth-order valence-electron chi connectivity index (χ4n) is 5.07. The summed E-state index contributed by atoms with van der Waals surface area (Å²) in [4.78, 5) is 11.9. The van der Waals surface area contributed by atoms with E-state index in [0.717, 1.165) is 33.1 Å². The number of phenolic OH excluding ortho intramolecular Hbond substituents is 1. The molecule has 3 aromatic heterocycles. The van der Waals surface area contributed by atoms with Crippen molar-refractivity contribution in [2.24, 2.45) is 0 Å². The summed E-state index contributed by atoms with van der Waals surface area (Å²) < 4.78 is 1.74. The van der Waals surface area contributed by atoms with Crippen LogP contribution in [0.3, 0.4) is 0 Å². The minimum absolute atomic E-state index is 0.0310. The van der Waals surface area contributed by atoms with Crippen LogP contribution in [0.25, 0.3) is 38.0 Å². The second kappa shape index (κ2) is 6.02. The third-order valence-electron chi connectivity index (χ3n) is 6.11. The molecule has 6 nitrogen and oxygen atoms in total. The number of aromatic hydroxyl groups is 1. The molecule has 0 saturated heterocycles. The molecule has 0 bridgehead atoms. The molecule has 0 unspecified atom stereocenters. The molecule has 5 aromatic rings. The van der Waals surface area contributed by atoms with Crippen molar-refractivity contribution in [2.45, 2.75) is 45.2 Å². The molecule has 1 aliphatic rings. The molecule has 0 atom stereocenters. The monoisotopic (exact) mass is 429 g/mol. The van der Waals surface area contributed by atoms with Gasteiger partial charge in [-0.2, -0.15) is 0 Å². The summed E-state index contributed by atoms with van der Waals surface area (Å²) in [6, 6.07) is 11.7. The van der Waals surface area contributed by atoms with Gasteiger partial charge in [-0.15, -0.1) is 16.4 Å². The van der Waals surface area contributed by atoms with Crippen molar-refractivity contribution < 1.29 is 5.11 Å². The van der Waals surface area contributed by atoms with Crippen LogP contribution in [0, 0.1) is 0 Å². The fraction of sp³-hybridized carbons (Fsp3) is 0.292. The summed E-state index contributed by atoms with van der Waals surface area (Å²) in [7, 11) is 0. The number of fused-ring (bicyclic) bond motifs is 6. The molecular formula is C24H23N5OS. The molecule has 156 valence electrons. The Balaban J connectivity index is 1.62. The van der Waals surface area contributed by atoms with Gasteiger partial charge in [0.05, 0.1) is 10.9 Å². The molecule has 2 N–H and O–H groups in total. The van der Waals surface area contributed by atoms with E-state index in [0.29, 0.717) is 11.4 Å². The van der Waals surface area contributed by atoms with E-state index < -0.39 is 0 Å². The van der Waals surface area contributed by atoms with E-state index in [1.54, 1.807) is 22.2 Å². The number of thiophene rings is 1. The lowest BCUT2D eigenvalue weighted by molar-refractivity contribution is 0.248. The first-order chi connectivity index (χ1) is 14.7. The third-order valence-corrected chi connectivity index (χ3v) is 7.57. The molecule has 0 radical (unpaired) electrons. The van der Waals surface area contributed by atoms with Crippen LogP contribution in [0.5, 0.6) is 5.75 Å². The Morgan fingerprint density at radius 2 is 1.90 bits per heavy atom. The van der Waals surface area contributed by atoms with E-state index in [1.807, 2.05) is 36.4 Å². The van der Waals surface area contributed by atoms with Gasteiger partial charge in [0, 0.05) is 21.3 Å². The highest BCUT2D eigenvalue weighted by Gasteiger charge is 2.40. The Labute approximate surface area is 183 Å². The quantitative estimate of drug-likeness (QED) is 0.391. The highest BCUT2D eigenvalue weighted by atomic mass is 32.1. The van der Waals surface area contributed by atoms with E-state index in [-0.39, 0.29) is 16.8 Å². The average Bonchev–Trinajstić information content (AvgIpc) is 3.28. The Hall–Kier alpha value is -3.03. The maximum atomic E-state index is 10.9. The van der Waals surface area contributed by atoms with Crippen molar-refractivity contribution in [2.75, 3.05) is 0 Å². The van der Waals surface area contributed by atoms with Crippen LogP contribution in [0.1, 0.15) is 38.1 Å². The molecule has 0 amide bonds. The zero-order valence-electron chi connectivity index (χ0n) is 17.9. The molecule has 0 fully saturated rings. The van der Waals surface area contributed by atoms with Gasteiger partial charge >= 0.3 is 0 Å². The Morgan fingerprint density at radius 1 is 1.10 bits per heavy atom. The maximum Gasteiger partial charge on any atom is 0.185 e. The van der Waals surface area contributed by atoms with Gasteiger partial charge in [-0.1, -0.05) is 30.3 Å². The smallest absolute Gasteiger partial charge is 0.185 e. The second-order valence-electron chi connectivity index (χ2n) is 9.53. The second-order valence-corrected chi connectivity index (χ2v) is 10.5. The summed E-state index contributed by atoms with van der Waals surface area (Å²) in [5, 5.41) is 22.2. The number of hydrogen-bond acceptors (Lipinski definition) is 6. The standard InChI is InChI=1S/C24H23N5OS/c1-23(2)11-16-17-21-26-20(15-10-9-13-7-5-6-8-14(13)18(15)30)27-29(21)12-25-22(17)31-19(16)24(3,4)28-23/h5-10,12,28,30H,11H2,1-4H3. The number of nitrogens with zero attached hydrogens (tertiary/aromatic N) is 4. The van der Waals surface area contributed by atoms with Gasteiger partial charge in [0.15, 0.2) is 11.5 Å².